The number of benzene rings is 1. The molecular formula is C14H18N2OS. The highest BCUT2D eigenvalue weighted by molar-refractivity contribution is 7.09. The van der Waals surface area contributed by atoms with Crippen LogP contribution in [0.3, 0.4) is 0 Å². The molecule has 0 bridgehead atoms. The minimum Gasteiger partial charge on any atom is -0.497 e. The van der Waals surface area contributed by atoms with Crippen molar-refractivity contribution in [3.63, 3.8) is 0 Å². The van der Waals surface area contributed by atoms with Crippen LogP contribution < -0.4 is 10.1 Å². The lowest BCUT2D eigenvalue weighted by molar-refractivity contribution is 0.413. The Bertz CT molecular complexity index is 510. The highest BCUT2D eigenvalue weighted by Gasteiger charge is 2.07. The molecule has 0 aliphatic rings. The number of hydrogen-bond donors (Lipinski definition) is 1. The first kappa shape index (κ1) is 13.1. The Kier molecular flexibility index (Phi) is 4.33. The molecule has 0 aliphatic carbocycles. The molecule has 96 valence electrons. The third-order valence-corrected chi connectivity index (χ3v) is 3.79. The van der Waals surface area contributed by atoms with Gasteiger partial charge in [-0.15, -0.1) is 11.3 Å². The number of thiazole rings is 1. The van der Waals surface area contributed by atoms with E-state index >= 15 is 0 Å². The summed E-state index contributed by atoms with van der Waals surface area (Å²) in [6.07, 6.45) is 0. The molecule has 18 heavy (non-hydrogen) atoms. The molecule has 4 heteroatoms. The monoisotopic (exact) mass is 262 g/mol. The van der Waals surface area contributed by atoms with Gasteiger partial charge in [0.25, 0.3) is 0 Å². The Morgan fingerprint density at radius 3 is 2.94 bits per heavy atom. The molecule has 0 saturated heterocycles. The lowest BCUT2D eigenvalue weighted by Crippen LogP contribution is -2.18. The van der Waals surface area contributed by atoms with Gasteiger partial charge in [-0.3, -0.25) is 0 Å². The average Bonchev–Trinajstić information content (AvgIpc) is 2.82. The van der Waals surface area contributed by atoms with Gasteiger partial charge >= 0.3 is 0 Å². The molecule has 1 aromatic carbocycles. The molecule has 1 atom stereocenters. The van der Waals surface area contributed by atoms with Gasteiger partial charge in [0.15, 0.2) is 0 Å². The summed E-state index contributed by atoms with van der Waals surface area (Å²) in [6, 6.07) is 8.42. The first-order valence-corrected chi connectivity index (χ1v) is 6.85. The van der Waals surface area contributed by atoms with Gasteiger partial charge in [0.1, 0.15) is 10.8 Å². The number of hydrogen-bond acceptors (Lipinski definition) is 4. The van der Waals surface area contributed by atoms with Crippen molar-refractivity contribution in [2.75, 3.05) is 7.11 Å². The van der Waals surface area contributed by atoms with E-state index < -0.39 is 0 Å². The Labute approximate surface area is 112 Å². The molecule has 1 heterocycles. The zero-order chi connectivity index (χ0) is 13.0. The van der Waals surface area contributed by atoms with E-state index in [1.807, 2.05) is 19.1 Å². The predicted molar refractivity (Wildman–Crippen MR) is 75.1 cm³/mol. The second kappa shape index (κ2) is 5.98. The van der Waals surface area contributed by atoms with Gasteiger partial charge in [0.2, 0.25) is 0 Å². The number of nitrogens with zero attached hydrogens (tertiary/aromatic N) is 1. The van der Waals surface area contributed by atoms with Crippen LogP contribution in [0.2, 0.25) is 0 Å². The summed E-state index contributed by atoms with van der Waals surface area (Å²) in [5.41, 5.74) is 2.31. The van der Waals surface area contributed by atoms with E-state index in [1.165, 1.54) is 5.56 Å². The third kappa shape index (κ3) is 3.31. The van der Waals surface area contributed by atoms with Crippen molar-refractivity contribution in [3.05, 3.63) is 45.9 Å². The fourth-order valence-electron chi connectivity index (χ4n) is 1.75. The summed E-state index contributed by atoms with van der Waals surface area (Å²) in [6.45, 7) is 4.97. The van der Waals surface area contributed by atoms with E-state index in [0.717, 1.165) is 23.0 Å². The van der Waals surface area contributed by atoms with E-state index in [9.17, 15) is 0 Å². The number of rotatable bonds is 5. The summed E-state index contributed by atoms with van der Waals surface area (Å²) in [5.74, 6) is 0.895. The van der Waals surface area contributed by atoms with Gasteiger partial charge in [0, 0.05) is 23.7 Å². The van der Waals surface area contributed by atoms with Crippen LogP contribution in [-0.2, 0) is 6.54 Å². The smallest absolute Gasteiger partial charge is 0.119 e. The first-order chi connectivity index (χ1) is 8.69. The van der Waals surface area contributed by atoms with Crippen LogP contribution in [0, 0.1) is 6.92 Å². The van der Waals surface area contributed by atoms with Crippen molar-refractivity contribution in [2.45, 2.75) is 26.4 Å². The minimum atomic E-state index is 0.282. The van der Waals surface area contributed by atoms with Crippen molar-refractivity contribution in [1.82, 2.24) is 10.3 Å². The normalized spacial score (nSPS) is 12.4. The molecule has 3 nitrogen and oxygen atoms in total. The van der Waals surface area contributed by atoms with E-state index in [4.69, 9.17) is 4.74 Å². The Hall–Kier alpha value is -1.39. The van der Waals surface area contributed by atoms with Crippen LogP contribution in [0.15, 0.2) is 29.6 Å². The van der Waals surface area contributed by atoms with Gasteiger partial charge < -0.3 is 10.1 Å². The van der Waals surface area contributed by atoms with Crippen molar-refractivity contribution >= 4 is 11.3 Å². The molecule has 1 N–H and O–H groups in total. The fraction of sp³-hybridized carbons (Fsp3) is 0.357. The van der Waals surface area contributed by atoms with Crippen LogP contribution >= 0.6 is 11.3 Å². The fourth-order valence-corrected chi connectivity index (χ4v) is 2.48. The molecule has 1 unspecified atom stereocenters. The minimum absolute atomic E-state index is 0.282. The number of aromatic nitrogens is 1. The number of aryl methyl sites for hydroxylation is 1. The van der Waals surface area contributed by atoms with Crippen LogP contribution in [0.5, 0.6) is 5.75 Å². The lowest BCUT2D eigenvalue weighted by Gasteiger charge is -2.14. The van der Waals surface area contributed by atoms with E-state index in [2.05, 4.69) is 34.7 Å². The molecule has 0 aliphatic heterocycles. The number of ether oxygens (including phenoxy) is 1. The first-order valence-electron chi connectivity index (χ1n) is 5.97. The van der Waals surface area contributed by atoms with Gasteiger partial charge in [-0.25, -0.2) is 4.98 Å². The molecule has 0 radical (unpaired) electrons. The average molecular weight is 262 g/mol. The summed E-state index contributed by atoms with van der Waals surface area (Å²) in [7, 11) is 1.69. The van der Waals surface area contributed by atoms with Crippen LogP contribution in [0.25, 0.3) is 0 Å². The van der Waals surface area contributed by atoms with Crippen molar-refractivity contribution < 1.29 is 4.74 Å². The standard InChI is InChI=1S/C14H18N2OS/c1-10-9-18-14(16-10)8-15-11(2)12-5-4-6-13(7-12)17-3/h4-7,9,11,15H,8H2,1-3H3. The van der Waals surface area contributed by atoms with Crippen molar-refractivity contribution in [3.8, 4) is 5.75 Å². The SMILES string of the molecule is COc1cccc(C(C)NCc2nc(C)cs2)c1. The Morgan fingerprint density at radius 1 is 1.44 bits per heavy atom. The quantitative estimate of drug-likeness (QED) is 0.897. The molecule has 2 rings (SSSR count). The van der Waals surface area contributed by atoms with Crippen molar-refractivity contribution in [2.24, 2.45) is 0 Å². The second-order valence-corrected chi connectivity index (χ2v) is 5.20. The maximum Gasteiger partial charge on any atom is 0.119 e. The third-order valence-electron chi connectivity index (χ3n) is 2.82. The topological polar surface area (TPSA) is 34.1 Å². The summed E-state index contributed by atoms with van der Waals surface area (Å²) in [4.78, 5) is 4.44. The highest BCUT2D eigenvalue weighted by Crippen LogP contribution is 2.19. The molecule has 0 fully saturated rings. The van der Waals surface area contributed by atoms with Crippen LogP contribution in [0.1, 0.15) is 29.2 Å². The van der Waals surface area contributed by atoms with E-state index in [-0.39, 0.29) is 6.04 Å². The molecule has 0 amide bonds. The maximum atomic E-state index is 5.23. The zero-order valence-corrected chi connectivity index (χ0v) is 11.8. The zero-order valence-electron chi connectivity index (χ0n) is 10.9. The lowest BCUT2D eigenvalue weighted by atomic mass is 10.1. The maximum absolute atomic E-state index is 5.23. The van der Waals surface area contributed by atoms with Gasteiger partial charge in [-0.2, -0.15) is 0 Å². The van der Waals surface area contributed by atoms with Gasteiger partial charge in [0.05, 0.1) is 7.11 Å². The summed E-state index contributed by atoms with van der Waals surface area (Å²) >= 11 is 1.70. The highest BCUT2D eigenvalue weighted by atomic mass is 32.1. The Morgan fingerprint density at radius 2 is 2.28 bits per heavy atom. The van der Waals surface area contributed by atoms with E-state index in [1.54, 1.807) is 18.4 Å². The summed E-state index contributed by atoms with van der Waals surface area (Å²) in [5, 5.41) is 6.68. The van der Waals surface area contributed by atoms with Crippen LogP contribution in [0.4, 0.5) is 0 Å². The number of nitrogens with one attached hydrogen (secondary N) is 1. The summed E-state index contributed by atoms with van der Waals surface area (Å²) < 4.78 is 5.23. The predicted octanol–water partition coefficient (Wildman–Crippen LogP) is 3.31. The Balaban J connectivity index is 1.96. The van der Waals surface area contributed by atoms with Gasteiger partial charge in [-0.1, -0.05) is 12.1 Å². The molecular weight excluding hydrogens is 244 g/mol. The molecule has 2 aromatic rings. The molecule has 0 spiro atoms. The molecule has 0 saturated carbocycles. The molecule has 1 aromatic heterocycles. The number of methoxy groups -OCH3 is 1. The van der Waals surface area contributed by atoms with E-state index in [0.29, 0.717) is 0 Å². The van der Waals surface area contributed by atoms with Crippen LogP contribution in [-0.4, -0.2) is 12.1 Å². The largest absolute Gasteiger partial charge is 0.497 e. The van der Waals surface area contributed by atoms with Gasteiger partial charge in [-0.05, 0) is 31.5 Å². The van der Waals surface area contributed by atoms with Crippen molar-refractivity contribution in [1.29, 1.82) is 0 Å². The second-order valence-electron chi connectivity index (χ2n) is 4.26.